The molecule has 202 valence electrons. The Morgan fingerprint density at radius 2 is 1.95 bits per heavy atom. The molecule has 1 saturated heterocycles. The van der Waals surface area contributed by atoms with Crippen molar-refractivity contribution in [3.63, 3.8) is 0 Å². The number of hydrogen-bond acceptors (Lipinski definition) is 7. The van der Waals surface area contributed by atoms with Crippen LogP contribution in [0.25, 0.3) is 10.9 Å². The highest BCUT2D eigenvalue weighted by Crippen LogP contribution is 2.45. The second kappa shape index (κ2) is 9.30. The number of nitrogens with zero attached hydrogens (tertiary/aromatic N) is 3. The summed E-state index contributed by atoms with van der Waals surface area (Å²) in [6, 6.07) is 12.7. The third kappa shape index (κ3) is 4.80. The zero-order valence-corrected chi connectivity index (χ0v) is 22.5. The largest absolute Gasteiger partial charge is 0.494 e. The monoisotopic (exact) mass is 549 g/mol. The van der Waals surface area contributed by atoms with Crippen LogP contribution in [0.2, 0.25) is 5.02 Å². The Balaban J connectivity index is 1.12. The summed E-state index contributed by atoms with van der Waals surface area (Å²) in [5.41, 5.74) is 2.84. The number of aromatic hydroxyl groups is 1. The van der Waals surface area contributed by atoms with Crippen molar-refractivity contribution in [2.75, 3.05) is 19.7 Å². The summed E-state index contributed by atoms with van der Waals surface area (Å²) >= 11 is 6.22. The van der Waals surface area contributed by atoms with E-state index in [1.807, 2.05) is 45.0 Å². The number of H-pyrrole nitrogens is 1. The van der Waals surface area contributed by atoms with E-state index < -0.39 is 5.60 Å². The number of likely N-dealkylation sites (tertiary alicyclic amines) is 1. The van der Waals surface area contributed by atoms with Crippen LogP contribution in [0, 0.1) is 11.8 Å². The zero-order chi connectivity index (χ0) is 27.5. The molecule has 3 N–H and O–H groups in total. The van der Waals surface area contributed by atoms with Crippen LogP contribution in [0.3, 0.4) is 0 Å². The fourth-order valence-corrected chi connectivity index (χ4v) is 5.50. The molecule has 0 spiro atoms. The normalized spacial score (nSPS) is 22.5. The number of benzene rings is 2. The summed E-state index contributed by atoms with van der Waals surface area (Å²) in [7, 11) is 0. The molecule has 2 aromatic carbocycles. The van der Waals surface area contributed by atoms with E-state index in [4.69, 9.17) is 26.2 Å². The summed E-state index contributed by atoms with van der Waals surface area (Å²) in [6.07, 6.45) is -0.322. The molecule has 1 saturated carbocycles. The van der Waals surface area contributed by atoms with Crippen LogP contribution in [-0.2, 0) is 14.4 Å². The van der Waals surface area contributed by atoms with Gasteiger partial charge < -0.3 is 29.9 Å². The van der Waals surface area contributed by atoms with Crippen molar-refractivity contribution in [3.05, 3.63) is 58.6 Å². The van der Waals surface area contributed by atoms with Crippen LogP contribution in [0.15, 0.2) is 52.6 Å². The Bertz CT molecular complexity index is 1540. The van der Waals surface area contributed by atoms with Gasteiger partial charge in [-0.3, -0.25) is 4.79 Å². The van der Waals surface area contributed by atoms with Gasteiger partial charge in [0.25, 0.3) is 5.91 Å². The van der Waals surface area contributed by atoms with Gasteiger partial charge in [-0.15, -0.1) is 0 Å². The van der Waals surface area contributed by atoms with Gasteiger partial charge >= 0.3 is 6.09 Å². The van der Waals surface area contributed by atoms with Gasteiger partial charge in [0.05, 0.1) is 11.3 Å². The lowest BCUT2D eigenvalue weighted by Gasteiger charge is -2.26. The van der Waals surface area contributed by atoms with Gasteiger partial charge in [-0.25, -0.2) is 9.79 Å². The number of fused-ring (bicyclic) bond motifs is 3. The van der Waals surface area contributed by atoms with Gasteiger partial charge in [0.2, 0.25) is 0 Å². The Kier molecular flexibility index (Phi) is 6.02. The number of halogens is 1. The summed E-state index contributed by atoms with van der Waals surface area (Å²) in [5.74, 6) is 0.0637. The SMILES string of the molecule is CC(C)(C)OC(=O)N1CC2C(C1)C2NC(=O)CO/N=C1/C(c2c(O)[nH]c3ccc(Cl)cc23)=Nc2ccccc21. The van der Waals surface area contributed by atoms with Crippen molar-refractivity contribution >= 4 is 51.6 Å². The average Bonchev–Trinajstić information content (AvgIpc) is 3.22. The lowest BCUT2D eigenvalue weighted by Crippen LogP contribution is -2.40. The van der Waals surface area contributed by atoms with E-state index in [2.05, 4.69) is 15.5 Å². The van der Waals surface area contributed by atoms with E-state index in [-0.39, 0.29) is 42.4 Å². The Hall–Kier alpha value is -4.05. The van der Waals surface area contributed by atoms with Gasteiger partial charge in [0, 0.05) is 52.5 Å². The number of aliphatic imine (C=N–C) groups is 1. The number of aromatic amines is 1. The molecule has 2 amide bonds. The van der Waals surface area contributed by atoms with Crippen LogP contribution >= 0.6 is 11.6 Å². The molecule has 2 unspecified atom stereocenters. The molecule has 2 fully saturated rings. The Labute approximate surface area is 229 Å². The predicted molar refractivity (Wildman–Crippen MR) is 147 cm³/mol. The van der Waals surface area contributed by atoms with E-state index in [1.165, 1.54) is 0 Å². The highest BCUT2D eigenvalue weighted by atomic mass is 35.5. The third-order valence-corrected chi connectivity index (χ3v) is 7.35. The van der Waals surface area contributed by atoms with Crippen LogP contribution < -0.4 is 5.32 Å². The summed E-state index contributed by atoms with van der Waals surface area (Å²) in [4.78, 5) is 39.7. The van der Waals surface area contributed by atoms with Crippen molar-refractivity contribution in [1.82, 2.24) is 15.2 Å². The maximum Gasteiger partial charge on any atom is 0.410 e. The maximum atomic E-state index is 12.6. The first-order valence-electron chi connectivity index (χ1n) is 12.8. The maximum absolute atomic E-state index is 12.6. The minimum Gasteiger partial charge on any atom is -0.494 e. The Morgan fingerprint density at radius 3 is 2.69 bits per heavy atom. The molecule has 10 nitrogen and oxygen atoms in total. The number of para-hydroxylation sites is 1. The number of amides is 2. The number of oxime groups is 1. The highest BCUT2D eigenvalue weighted by molar-refractivity contribution is 6.58. The molecule has 0 bridgehead atoms. The molecule has 3 heterocycles. The standard InChI is InChI=1S/C28H28ClN5O5/c1-28(2,3)39-27(37)34-11-17-18(12-34)23(17)32-21(35)13-38-33-24-15-6-4-5-7-19(15)30-25(24)22-16-10-14(29)8-9-20(16)31-26(22)36/h4-10,17-18,23,31,36H,11-13H2,1-3H3,(H,32,35)/b33-24+. The number of piperidine rings is 1. The lowest BCUT2D eigenvalue weighted by molar-refractivity contribution is -0.126. The molecule has 11 heteroatoms. The molecule has 1 aliphatic carbocycles. The number of carbonyl (C=O) groups excluding carboxylic acids is 2. The average molecular weight is 550 g/mol. The highest BCUT2D eigenvalue weighted by Gasteiger charge is 2.58. The molecule has 3 aromatic rings. The molecular weight excluding hydrogens is 522 g/mol. The number of rotatable bonds is 5. The van der Waals surface area contributed by atoms with E-state index >= 15 is 0 Å². The fourth-order valence-electron chi connectivity index (χ4n) is 5.33. The number of carbonyl (C=O) groups is 2. The van der Waals surface area contributed by atoms with E-state index in [0.29, 0.717) is 51.7 Å². The van der Waals surface area contributed by atoms with Crippen LogP contribution in [0.4, 0.5) is 10.5 Å². The first kappa shape index (κ1) is 25.2. The number of aromatic nitrogens is 1. The second-order valence-electron chi connectivity index (χ2n) is 11.0. The van der Waals surface area contributed by atoms with Crippen LogP contribution in [0.1, 0.15) is 31.9 Å². The van der Waals surface area contributed by atoms with Gasteiger partial charge in [-0.1, -0.05) is 35.0 Å². The van der Waals surface area contributed by atoms with Crippen molar-refractivity contribution in [2.24, 2.45) is 22.0 Å². The smallest absolute Gasteiger partial charge is 0.410 e. The Morgan fingerprint density at radius 1 is 1.21 bits per heavy atom. The van der Waals surface area contributed by atoms with Crippen LogP contribution in [-0.4, -0.2) is 69.8 Å². The van der Waals surface area contributed by atoms with Gasteiger partial charge in [0.15, 0.2) is 12.5 Å². The fraction of sp³-hybridized carbons (Fsp3) is 0.357. The van der Waals surface area contributed by atoms with Gasteiger partial charge in [0.1, 0.15) is 17.0 Å². The van der Waals surface area contributed by atoms with Crippen molar-refractivity contribution < 1.29 is 24.3 Å². The molecule has 1 aromatic heterocycles. The van der Waals surface area contributed by atoms with E-state index in [0.717, 1.165) is 5.56 Å². The van der Waals surface area contributed by atoms with Crippen LogP contribution in [0.5, 0.6) is 5.88 Å². The molecule has 0 radical (unpaired) electrons. The molecular formula is C28H28ClN5O5. The molecule has 2 aliphatic heterocycles. The number of ether oxygens (including phenoxy) is 1. The number of hydrogen-bond donors (Lipinski definition) is 3. The first-order chi connectivity index (χ1) is 18.6. The predicted octanol–water partition coefficient (Wildman–Crippen LogP) is 4.36. The van der Waals surface area contributed by atoms with Crippen molar-refractivity contribution in [2.45, 2.75) is 32.4 Å². The molecule has 2 atom stereocenters. The summed E-state index contributed by atoms with van der Waals surface area (Å²) in [6.45, 7) is 6.35. The minimum absolute atomic E-state index is 0.00434. The summed E-state index contributed by atoms with van der Waals surface area (Å²) in [5, 5.41) is 19.2. The van der Waals surface area contributed by atoms with Crippen molar-refractivity contribution in [1.29, 1.82) is 0 Å². The second-order valence-corrected chi connectivity index (χ2v) is 11.5. The van der Waals surface area contributed by atoms with Crippen molar-refractivity contribution in [3.8, 4) is 5.88 Å². The zero-order valence-electron chi connectivity index (χ0n) is 21.7. The quantitative estimate of drug-likeness (QED) is 0.407. The molecule has 39 heavy (non-hydrogen) atoms. The van der Waals surface area contributed by atoms with E-state index in [1.54, 1.807) is 23.1 Å². The molecule has 3 aliphatic rings. The first-order valence-corrected chi connectivity index (χ1v) is 13.1. The number of nitrogens with one attached hydrogen (secondary N) is 2. The summed E-state index contributed by atoms with van der Waals surface area (Å²) < 4.78 is 5.44. The molecule has 6 rings (SSSR count). The van der Waals surface area contributed by atoms with Gasteiger partial charge in [-0.05, 0) is 45.0 Å². The third-order valence-electron chi connectivity index (χ3n) is 7.12. The topological polar surface area (TPSA) is 129 Å². The lowest BCUT2D eigenvalue weighted by atomic mass is 10.0. The minimum atomic E-state index is -0.541. The van der Waals surface area contributed by atoms with Gasteiger partial charge in [-0.2, -0.15) is 0 Å². The van der Waals surface area contributed by atoms with E-state index in [9.17, 15) is 14.7 Å².